The van der Waals surface area contributed by atoms with Crippen LogP contribution in [0.3, 0.4) is 0 Å². The zero-order valence-corrected chi connectivity index (χ0v) is 18.0. The molecule has 1 atom stereocenters. The second-order valence-electron chi connectivity index (χ2n) is 7.95. The number of benzene rings is 1. The molecule has 1 aliphatic carbocycles. The van der Waals surface area contributed by atoms with Crippen LogP contribution < -0.4 is 15.5 Å². The molecule has 8 nitrogen and oxygen atoms in total. The fourth-order valence-corrected chi connectivity index (χ4v) is 5.33. The lowest BCUT2D eigenvalue weighted by Crippen LogP contribution is -3.15. The molecule has 1 aromatic rings. The fraction of sp³-hybridized carbons (Fsp3) is 0.600. The van der Waals surface area contributed by atoms with Gasteiger partial charge in [-0.3, -0.25) is 10.1 Å². The minimum atomic E-state index is -3.52. The van der Waals surface area contributed by atoms with Crippen molar-refractivity contribution in [2.75, 3.05) is 32.7 Å². The summed E-state index contributed by atoms with van der Waals surface area (Å²) in [6.45, 7) is 5.77. The van der Waals surface area contributed by atoms with Gasteiger partial charge < -0.3 is 10.2 Å². The standard InChI is InChI=1S/C20H30N4O4S/c1-3-15(2)21-20(26)22-19(25)14-23-9-11-24(12-10-23)29(27,28)18-8-7-16-5-4-6-17(16)13-18/h7-8,13,15H,3-6,9-12,14H2,1-2H3,(H2,21,22,25,26)/p+1/t15-/m1/s1. The summed E-state index contributed by atoms with van der Waals surface area (Å²) in [6, 6.07) is 4.98. The van der Waals surface area contributed by atoms with Gasteiger partial charge in [0.05, 0.1) is 31.1 Å². The van der Waals surface area contributed by atoms with Crippen LogP contribution in [0.5, 0.6) is 0 Å². The number of carbonyl (C=O) groups is 2. The van der Waals surface area contributed by atoms with Gasteiger partial charge in [-0.05, 0) is 55.9 Å². The van der Waals surface area contributed by atoms with Crippen molar-refractivity contribution in [2.45, 2.75) is 50.5 Å². The Morgan fingerprint density at radius 3 is 2.55 bits per heavy atom. The average molecular weight is 424 g/mol. The van der Waals surface area contributed by atoms with E-state index in [1.165, 1.54) is 9.87 Å². The van der Waals surface area contributed by atoms with E-state index in [1.54, 1.807) is 6.07 Å². The highest BCUT2D eigenvalue weighted by Gasteiger charge is 2.32. The average Bonchev–Trinajstić information content (AvgIpc) is 3.15. The molecule has 0 radical (unpaired) electrons. The molecule has 9 heteroatoms. The largest absolute Gasteiger partial charge is 0.335 e. The zero-order chi connectivity index (χ0) is 21.0. The monoisotopic (exact) mass is 423 g/mol. The molecule has 29 heavy (non-hydrogen) atoms. The van der Waals surface area contributed by atoms with E-state index in [4.69, 9.17) is 0 Å². The van der Waals surface area contributed by atoms with Crippen molar-refractivity contribution in [2.24, 2.45) is 0 Å². The van der Waals surface area contributed by atoms with E-state index in [0.717, 1.165) is 36.1 Å². The summed E-state index contributed by atoms with van der Waals surface area (Å²) in [6.07, 6.45) is 3.83. The van der Waals surface area contributed by atoms with Gasteiger partial charge in [-0.1, -0.05) is 13.0 Å². The summed E-state index contributed by atoms with van der Waals surface area (Å²) in [5.41, 5.74) is 2.39. The molecule has 3 N–H and O–H groups in total. The summed E-state index contributed by atoms with van der Waals surface area (Å²) in [7, 11) is -3.52. The number of nitrogens with zero attached hydrogens (tertiary/aromatic N) is 1. The van der Waals surface area contributed by atoms with E-state index < -0.39 is 16.1 Å². The van der Waals surface area contributed by atoms with Crippen molar-refractivity contribution in [1.82, 2.24) is 14.9 Å². The van der Waals surface area contributed by atoms with Crippen LogP contribution in [0.15, 0.2) is 23.1 Å². The second-order valence-corrected chi connectivity index (χ2v) is 9.88. The molecular formula is C20H31N4O4S+. The van der Waals surface area contributed by atoms with Gasteiger partial charge in [0.1, 0.15) is 0 Å². The summed E-state index contributed by atoms with van der Waals surface area (Å²) in [5, 5.41) is 5.03. The lowest BCUT2D eigenvalue weighted by atomic mass is 10.1. The Bertz CT molecular complexity index is 863. The molecule has 0 saturated carbocycles. The predicted molar refractivity (Wildman–Crippen MR) is 109 cm³/mol. The van der Waals surface area contributed by atoms with Gasteiger partial charge in [0.25, 0.3) is 5.91 Å². The van der Waals surface area contributed by atoms with Crippen molar-refractivity contribution in [3.8, 4) is 0 Å². The van der Waals surface area contributed by atoms with E-state index in [-0.39, 0.29) is 18.5 Å². The highest BCUT2D eigenvalue weighted by Crippen LogP contribution is 2.26. The maximum atomic E-state index is 13.0. The van der Waals surface area contributed by atoms with Crippen molar-refractivity contribution in [3.63, 3.8) is 0 Å². The van der Waals surface area contributed by atoms with Gasteiger partial charge >= 0.3 is 6.03 Å². The summed E-state index contributed by atoms with van der Waals surface area (Å²) < 4.78 is 27.5. The van der Waals surface area contributed by atoms with E-state index in [0.29, 0.717) is 31.1 Å². The minimum Gasteiger partial charge on any atom is -0.335 e. The molecule has 0 aromatic heterocycles. The van der Waals surface area contributed by atoms with Gasteiger partial charge in [-0.25, -0.2) is 13.2 Å². The lowest BCUT2D eigenvalue weighted by Gasteiger charge is -2.31. The number of fused-ring (bicyclic) bond motifs is 1. The summed E-state index contributed by atoms with van der Waals surface area (Å²) >= 11 is 0. The number of hydrogen-bond acceptors (Lipinski definition) is 4. The quantitative estimate of drug-likeness (QED) is 0.584. The van der Waals surface area contributed by atoms with Crippen LogP contribution in [-0.4, -0.2) is 63.4 Å². The third kappa shape index (κ3) is 5.34. The molecule has 0 spiro atoms. The van der Waals surface area contributed by atoms with E-state index in [1.807, 2.05) is 26.0 Å². The van der Waals surface area contributed by atoms with Crippen LogP contribution in [-0.2, 0) is 27.7 Å². The number of urea groups is 1. The maximum Gasteiger partial charge on any atom is 0.321 e. The number of hydrogen-bond donors (Lipinski definition) is 3. The second kappa shape index (κ2) is 9.23. The van der Waals surface area contributed by atoms with Crippen LogP contribution in [0, 0.1) is 0 Å². The van der Waals surface area contributed by atoms with Crippen molar-refractivity contribution in [3.05, 3.63) is 29.3 Å². The number of carbonyl (C=O) groups excluding carboxylic acids is 2. The fourth-order valence-electron chi connectivity index (χ4n) is 3.84. The number of piperazine rings is 1. The Hall–Kier alpha value is -1.97. The Labute approximate surface area is 172 Å². The van der Waals surface area contributed by atoms with E-state index in [9.17, 15) is 18.0 Å². The molecule has 1 fully saturated rings. The zero-order valence-electron chi connectivity index (χ0n) is 17.2. The Kier molecular flexibility index (Phi) is 6.92. The van der Waals surface area contributed by atoms with Gasteiger partial charge in [-0.15, -0.1) is 0 Å². The van der Waals surface area contributed by atoms with E-state index in [2.05, 4.69) is 10.6 Å². The summed E-state index contributed by atoms with van der Waals surface area (Å²) in [5.74, 6) is -0.351. The third-order valence-corrected chi connectivity index (χ3v) is 7.69. The molecule has 160 valence electrons. The van der Waals surface area contributed by atoms with Crippen LogP contribution in [0.4, 0.5) is 4.79 Å². The van der Waals surface area contributed by atoms with Crippen LogP contribution in [0.1, 0.15) is 37.8 Å². The van der Waals surface area contributed by atoms with Gasteiger partial charge in [0, 0.05) is 6.04 Å². The number of rotatable bonds is 6. The Balaban J connectivity index is 1.51. The van der Waals surface area contributed by atoms with Crippen molar-refractivity contribution < 1.29 is 22.9 Å². The molecule has 1 heterocycles. The molecule has 0 unspecified atom stereocenters. The molecule has 1 aliphatic heterocycles. The first-order valence-corrected chi connectivity index (χ1v) is 11.8. The number of imide groups is 1. The van der Waals surface area contributed by atoms with Gasteiger partial charge in [0.15, 0.2) is 6.54 Å². The number of amides is 3. The first kappa shape index (κ1) is 21.7. The number of sulfonamides is 1. The van der Waals surface area contributed by atoms with Gasteiger partial charge in [0.2, 0.25) is 10.0 Å². The smallest absolute Gasteiger partial charge is 0.321 e. The molecule has 3 amide bonds. The SMILES string of the molecule is CC[C@@H](C)NC(=O)NC(=O)C[NH+]1CCN(S(=O)(=O)c2ccc3c(c2)CCC3)CC1. The summed E-state index contributed by atoms with van der Waals surface area (Å²) in [4.78, 5) is 25.2. The van der Waals surface area contributed by atoms with Crippen LogP contribution in [0.2, 0.25) is 0 Å². The van der Waals surface area contributed by atoms with Crippen molar-refractivity contribution >= 4 is 22.0 Å². The number of nitrogens with one attached hydrogen (secondary N) is 3. The molecule has 2 aliphatic rings. The van der Waals surface area contributed by atoms with Gasteiger partial charge in [-0.2, -0.15) is 4.31 Å². The first-order valence-electron chi connectivity index (χ1n) is 10.4. The minimum absolute atomic E-state index is 0.00288. The molecular weight excluding hydrogens is 392 g/mol. The number of quaternary nitrogens is 1. The number of aryl methyl sites for hydroxylation is 2. The lowest BCUT2D eigenvalue weighted by molar-refractivity contribution is -0.895. The normalized spacial score (nSPS) is 18.8. The molecule has 0 bridgehead atoms. The maximum absolute atomic E-state index is 13.0. The predicted octanol–water partition coefficient (Wildman–Crippen LogP) is -0.311. The Morgan fingerprint density at radius 1 is 1.17 bits per heavy atom. The molecule has 1 saturated heterocycles. The third-order valence-electron chi connectivity index (χ3n) is 5.79. The highest BCUT2D eigenvalue weighted by atomic mass is 32.2. The molecule has 1 aromatic carbocycles. The highest BCUT2D eigenvalue weighted by molar-refractivity contribution is 7.89. The van der Waals surface area contributed by atoms with Crippen LogP contribution in [0.25, 0.3) is 0 Å². The van der Waals surface area contributed by atoms with Crippen molar-refractivity contribution in [1.29, 1.82) is 0 Å². The first-order chi connectivity index (χ1) is 13.8. The topological polar surface area (TPSA) is 100 Å². The van der Waals surface area contributed by atoms with Crippen LogP contribution >= 0.6 is 0 Å². The Morgan fingerprint density at radius 2 is 1.86 bits per heavy atom. The molecule has 3 rings (SSSR count). The van der Waals surface area contributed by atoms with E-state index >= 15 is 0 Å².